The summed E-state index contributed by atoms with van der Waals surface area (Å²) in [7, 11) is 0. The van der Waals surface area contributed by atoms with Crippen LogP contribution in [0.1, 0.15) is 298 Å². The van der Waals surface area contributed by atoms with Crippen LogP contribution >= 0.6 is 0 Å². The van der Waals surface area contributed by atoms with Crippen LogP contribution in [0.15, 0.2) is 72.9 Å². The van der Waals surface area contributed by atoms with E-state index in [1.165, 1.54) is 225 Å². The number of ketones is 1. The third kappa shape index (κ3) is 47.9. The fourth-order valence-electron chi connectivity index (χ4n) is 9.04. The minimum absolute atomic E-state index is 0.297. The highest BCUT2D eigenvalue weighted by molar-refractivity contribution is 5.81. The van der Waals surface area contributed by atoms with Gasteiger partial charge in [-0.25, -0.2) is 0 Å². The zero-order valence-corrected chi connectivity index (χ0v) is 43.6. The first kappa shape index (κ1) is 61.1. The summed E-state index contributed by atoms with van der Waals surface area (Å²) in [4.78, 5) is 14.1. The van der Waals surface area contributed by atoms with Crippen molar-refractivity contribution in [1.82, 2.24) is 0 Å². The molecule has 0 fully saturated rings. The summed E-state index contributed by atoms with van der Waals surface area (Å²) in [6.07, 6.45) is 80.3. The van der Waals surface area contributed by atoms with Crippen LogP contribution in [-0.2, 0) is 4.79 Å². The molecule has 0 saturated heterocycles. The lowest BCUT2D eigenvalue weighted by Gasteiger charge is -2.27. The average molecular weight is 874 g/mol. The van der Waals surface area contributed by atoms with Gasteiger partial charge >= 0.3 is 0 Å². The topological polar surface area (TPSA) is 17.1 Å². The minimum atomic E-state index is 0.297. The van der Waals surface area contributed by atoms with Gasteiger partial charge in [-0.15, -0.1) is 0 Å². The van der Waals surface area contributed by atoms with Gasteiger partial charge in [0.25, 0.3) is 0 Å². The molecule has 1 unspecified atom stereocenters. The molecular weight excluding hydrogens is 761 g/mol. The highest BCUT2D eigenvalue weighted by Gasteiger charge is 2.27. The molecule has 1 atom stereocenters. The second-order valence-electron chi connectivity index (χ2n) is 19.9. The van der Waals surface area contributed by atoms with Crippen molar-refractivity contribution in [2.75, 3.05) is 0 Å². The van der Waals surface area contributed by atoms with E-state index in [0.717, 1.165) is 44.4 Å². The third-order valence-electron chi connectivity index (χ3n) is 13.2. The third-order valence-corrected chi connectivity index (χ3v) is 13.2. The molecule has 0 aliphatic heterocycles. The van der Waals surface area contributed by atoms with Gasteiger partial charge in [0.15, 0.2) is 0 Å². The van der Waals surface area contributed by atoms with Gasteiger partial charge in [0, 0.05) is 12.3 Å². The molecular formula is C62H112O. The number of allylic oxidation sites excluding steroid dienone is 12. The van der Waals surface area contributed by atoms with Crippen molar-refractivity contribution in [2.45, 2.75) is 298 Å². The zero-order chi connectivity index (χ0) is 45.8. The number of rotatable bonds is 50. The molecule has 366 valence electrons. The van der Waals surface area contributed by atoms with Crippen molar-refractivity contribution in [3.8, 4) is 0 Å². The van der Waals surface area contributed by atoms with Crippen LogP contribution in [-0.4, -0.2) is 5.78 Å². The molecule has 0 heterocycles. The largest absolute Gasteiger partial charge is 0.299 e. The van der Waals surface area contributed by atoms with E-state index in [4.69, 9.17) is 0 Å². The van der Waals surface area contributed by atoms with Crippen LogP contribution in [0, 0.1) is 17.8 Å². The van der Waals surface area contributed by atoms with E-state index in [9.17, 15) is 4.79 Å². The summed E-state index contributed by atoms with van der Waals surface area (Å²) < 4.78 is 0. The number of hydrogen-bond donors (Lipinski definition) is 0. The molecule has 0 radical (unpaired) electrons. The Morgan fingerprint density at radius 1 is 0.317 bits per heavy atom. The van der Waals surface area contributed by atoms with Crippen LogP contribution < -0.4 is 0 Å². The van der Waals surface area contributed by atoms with Crippen LogP contribution in [0.2, 0.25) is 0 Å². The van der Waals surface area contributed by atoms with Crippen molar-refractivity contribution in [1.29, 1.82) is 0 Å². The summed E-state index contributed by atoms with van der Waals surface area (Å²) in [5, 5.41) is 0. The quantitative estimate of drug-likeness (QED) is 0.0440. The molecule has 0 aliphatic carbocycles. The van der Waals surface area contributed by atoms with Crippen LogP contribution in [0.4, 0.5) is 0 Å². The van der Waals surface area contributed by atoms with Crippen LogP contribution in [0.3, 0.4) is 0 Å². The van der Waals surface area contributed by atoms with Crippen molar-refractivity contribution < 1.29 is 4.79 Å². The SMILES string of the molecule is CCCCC/C=C\C/C=C\CCCCCCCCC(CCCCCCCC/C=C\C/C=C\CCCCC)C(CCCC(C)C)C(=O)CCCCCCC/C=C\C/C=C\CCCCC. The minimum Gasteiger partial charge on any atom is -0.299 e. The van der Waals surface area contributed by atoms with Crippen molar-refractivity contribution >= 4 is 5.78 Å². The fourth-order valence-corrected chi connectivity index (χ4v) is 9.04. The molecule has 63 heavy (non-hydrogen) atoms. The Balaban J connectivity index is 4.87. The molecule has 0 N–H and O–H groups in total. The zero-order valence-electron chi connectivity index (χ0n) is 43.6. The first-order chi connectivity index (χ1) is 31.1. The van der Waals surface area contributed by atoms with Gasteiger partial charge < -0.3 is 0 Å². The van der Waals surface area contributed by atoms with E-state index in [1.54, 1.807) is 0 Å². The normalized spacial score (nSPS) is 13.1. The maximum Gasteiger partial charge on any atom is 0.136 e. The number of Topliss-reactive ketones (excluding diaryl/α,β-unsaturated/α-hetero) is 1. The predicted molar refractivity (Wildman–Crippen MR) is 288 cm³/mol. The molecule has 0 bridgehead atoms. The van der Waals surface area contributed by atoms with Crippen LogP contribution in [0.25, 0.3) is 0 Å². The van der Waals surface area contributed by atoms with Gasteiger partial charge in [-0.2, -0.15) is 0 Å². The lowest BCUT2D eigenvalue weighted by molar-refractivity contribution is -0.125. The first-order valence-corrected chi connectivity index (χ1v) is 28.5. The van der Waals surface area contributed by atoms with Gasteiger partial charge in [-0.05, 0) is 134 Å². The monoisotopic (exact) mass is 873 g/mol. The fraction of sp³-hybridized carbons (Fsp3) is 0.790. The van der Waals surface area contributed by atoms with Crippen molar-refractivity contribution in [2.24, 2.45) is 17.8 Å². The number of unbranched alkanes of at least 4 members (excludes halogenated alkanes) is 26. The summed E-state index contributed by atoms with van der Waals surface area (Å²) in [5.41, 5.74) is 0. The Hall–Kier alpha value is -1.89. The molecule has 0 aromatic carbocycles. The van der Waals surface area contributed by atoms with Gasteiger partial charge in [0.05, 0.1) is 0 Å². The van der Waals surface area contributed by atoms with Gasteiger partial charge in [0.2, 0.25) is 0 Å². The molecule has 0 spiro atoms. The Kier molecular flexibility index (Phi) is 51.1. The van der Waals surface area contributed by atoms with Gasteiger partial charge in [-0.3, -0.25) is 4.79 Å². The van der Waals surface area contributed by atoms with Gasteiger partial charge in [-0.1, -0.05) is 242 Å². The first-order valence-electron chi connectivity index (χ1n) is 28.5. The lowest BCUT2D eigenvalue weighted by Crippen LogP contribution is -2.24. The highest BCUT2D eigenvalue weighted by atomic mass is 16.1. The van der Waals surface area contributed by atoms with Crippen LogP contribution in [0.5, 0.6) is 0 Å². The molecule has 1 heteroatoms. The Morgan fingerprint density at radius 3 is 0.952 bits per heavy atom. The van der Waals surface area contributed by atoms with E-state index in [-0.39, 0.29) is 0 Å². The second-order valence-corrected chi connectivity index (χ2v) is 19.9. The van der Waals surface area contributed by atoms with E-state index < -0.39 is 0 Å². The molecule has 0 aliphatic rings. The Bertz CT molecular complexity index is 1030. The summed E-state index contributed by atoms with van der Waals surface area (Å²) in [6, 6.07) is 0. The van der Waals surface area contributed by atoms with E-state index in [0.29, 0.717) is 17.6 Å². The predicted octanol–water partition coefficient (Wildman–Crippen LogP) is 21.8. The maximum atomic E-state index is 14.1. The average Bonchev–Trinajstić information content (AvgIpc) is 3.28. The highest BCUT2D eigenvalue weighted by Crippen LogP contribution is 2.32. The van der Waals surface area contributed by atoms with E-state index in [1.807, 2.05) is 0 Å². The smallest absolute Gasteiger partial charge is 0.136 e. The Morgan fingerprint density at radius 2 is 0.619 bits per heavy atom. The van der Waals surface area contributed by atoms with E-state index >= 15 is 0 Å². The standard InChI is InChI=1S/C62H112O/c1-6-9-12-15-18-21-24-27-30-33-35-38-41-44-47-50-55-60(56-51-48-45-42-39-36-34-31-28-25-22-19-16-13-10-7-2)61(57-53-54-59(4)5)62(63)58-52-49-46-43-40-37-32-29-26-23-20-17-14-11-8-3/h18-23,27-32,59-61H,6-17,24-26,33-58H2,1-5H3/b21-18-,22-19-,23-20-,30-27-,31-28-,32-29-. The number of hydrogen-bond acceptors (Lipinski definition) is 1. The molecule has 0 amide bonds. The van der Waals surface area contributed by atoms with Gasteiger partial charge in [0.1, 0.15) is 5.78 Å². The molecule has 0 aromatic heterocycles. The molecule has 0 saturated carbocycles. The number of carbonyl (C=O) groups excluding carboxylic acids is 1. The lowest BCUT2D eigenvalue weighted by atomic mass is 9.77. The van der Waals surface area contributed by atoms with Crippen molar-refractivity contribution in [3.63, 3.8) is 0 Å². The summed E-state index contributed by atoms with van der Waals surface area (Å²) in [6.45, 7) is 11.5. The maximum absolute atomic E-state index is 14.1. The van der Waals surface area contributed by atoms with E-state index in [2.05, 4.69) is 108 Å². The molecule has 1 nitrogen and oxygen atoms in total. The Labute approximate surface area is 397 Å². The molecule has 0 aromatic rings. The number of carbonyl (C=O) groups is 1. The van der Waals surface area contributed by atoms with Crippen molar-refractivity contribution in [3.05, 3.63) is 72.9 Å². The second kappa shape index (κ2) is 52.7. The summed E-state index contributed by atoms with van der Waals surface area (Å²) >= 11 is 0. The summed E-state index contributed by atoms with van der Waals surface area (Å²) in [5.74, 6) is 2.24. The molecule has 0 rings (SSSR count).